The van der Waals surface area contributed by atoms with Crippen molar-refractivity contribution in [3.8, 4) is 0 Å². The molecule has 5 aliphatic rings. The van der Waals surface area contributed by atoms with Crippen LogP contribution in [0.2, 0.25) is 0 Å². The fraction of sp³-hybridized carbons (Fsp3) is 0.857. The van der Waals surface area contributed by atoms with Gasteiger partial charge in [0.15, 0.2) is 0 Å². The van der Waals surface area contributed by atoms with Crippen LogP contribution < -0.4 is 0 Å². The summed E-state index contributed by atoms with van der Waals surface area (Å²) in [5.74, 6) is 0.929. The van der Waals surface area contributed by atoms with Crippen LogP contribution in [-0.4, -0.2) is 30.9 Å². The maximum absolute atomic E-state index is 13.9. The molecule has 0 saturated heterocycles. The third-order valence-corrected chi connectivity index (χ3v) is 13.7. The van der Waals surface area contributed by atoms with E-state index in [-0.39, 0.29) is 44.9 Å². The molecule has 5 aliphatic carbocycles. The first kappa shape index (κ1) is 29.8. The van der Waals surface area contributed by atoms with Gasteiger partial charge in [0.1, 0.15) is 17.3 Å². The van der Waals surface area contributed by atoms with Gasteiger partial charge in [0.25, 0.3) is 0 Å². The highest BCUT2D eigenvalue weighted by atomic mass is 16.6. The molecule has 0 aromatic rings. The minimum absolute atomic E-state index is 0.00504. The molecule has 0 spiro atoms. The quantitative estimate of drug-likeness (QED) is 0.261. The van der Waals surface area contributed by atoms with Crippen LogP contribution in [0.15, 0.2) is 11.6 Å². The second kappa shape index (κ2) is 9.43. The van der Waals surface area contributed by atoms with E-state index in [1.165, 1.54) is 12.7 Å². The van der Waals surface area contributed by atoms with E-state index in [9.17, 15) is 14.4 Å². The van der Waals surface area contributed by atoms with E-state index >= 15 is 0 Å². The zero-order valence-corrected chi connectivity index (χ0v) is 26.7. The number of Topliss-reactive ketones (excluding diaryl/α,β-unsaturated/α-hetero) is 1. The summed E-state index contributed by atoms with van der Waals surface area (Å²) >= 11 is 0. The van der Waals surface area contributed by atoms with Crippen molar-refractivity contribution in [3.05, 3.63) is 11.6 Å². The maximum atomic E-state index is 13.9. The summed E-state index contributed by atoms with van der Waals surface area (Å²) in [4.78, 5) is 39.8. The van der Waals surface area contributed by atoms with Crippen molar-refractivity contribution in [2.45, 2.75) is 132 Å². The molecule has 0 amide bonds. The van der Waals surface area contributed by atoms with Crippen LogP contribution in [0.5, 0.6) is 0 Å². The molecule has 5 rings (SSSR count). The third kappa shape index (κ3) is 3.87. The fourth-order valence-electron chi connectivity index (χ4n) is 11.3. The Balaban J connectivity index is 1.61. The van der Waals surface area contributed by atoms with Gasteiger partial charge in [-0.15, -0.1) is 0 Å². The van der Waals surface area contributed by atoms with Crippen molar-refractivity contribution < 1.29 is 23.9 Å². The SMILES string of the molecule is CCCC(=O)OC1CC(C)(C)CC2C3=CCC4[C@@]5(C)CCC(=O)C(C)(C)C5CC[C@@]4(C)[C@]3(C)CCC12C(=O)OC. The molecule has 4 fully saturated rings. The number of ketones is 1. The van der Waals surface area contributed by atoms with Gasteiger partial charge in [-0.05, 0) is 91.3 Å². The first-order valence-corrected chi connectivity index (χ1v) is 16.1. The van der Waals surface area contributed by atoms with E-state index in [1.54, 1.807) is 0 Å². The summed E-state index contributed by atoms with van der Waals surface area (Å²) in [5, 5.41) is 0. The third-order valence-electron chi connectivity index (χ3n) is 13.7. The lowest BCUT2D eigenvalue weighted by atomic mass is 9.33. The summed E-state index contributed by atoms with van der Waals surface area (Å²) < 4.78 is 11.8. The Hall–Kier alpha value is -1.65. The average Bonchev–Trinajstić information content (AvgIpc) is 2.86. The van der Waals surface area contributed by atoms with E-state index in [2.05, 4.69) is 54.5 Å². The number of ether oxygens (including phenoxy) is 2. The number of hydrogen-bond donors (Lipinski definition) is 0. The molecule has 0 heterocycles. The standard InChI is InChI=1S/C35H54O5/c1-10-11-28(37)40-27-21-30(2,3)20-23-22-12-13-25-32(6)16-15-26(36)31(4,5)24(32)14-17-34(25,8)33(22,7)18-19-35(23,27)29(38)39-9/h12,23-25,27H,10-11,13-21H2,1-9H3/t23?,24?,25?,27?,32-,33+,34+,35?/m0/s1. The molecular weight excluding hydrogens is 500 g/mol. The number of carbonyl (C=O) groups excluding carboxylic acids is 3. The van der Waals surface area contributed by atoms with Crippen LogP contribution in [0.3, 0.4) is 0 Å². The highest BCUT2D eigenvalue weighted by Gasteiger charge is 2.71. The second-order valence-electron chi connectivity index (χ2n) is 16.3. The monoisotopic (exact) mass is 554 g/mol. The molecule has 0 aliphatic heterocycles. The molecule has 40 heavy (non-hydrogen) atoms. The van der Waals surface area contributed by atoms with Crippen LogP contribution in [0.1, 0.15) is 126 Å². The Bertz CT molecular complexity index is 1120. The van der Waals surface area contributed by atoms with Crippen molar-refractivity contribution in [1.29, 1.82) is 0 Å². The van der Waals surface area contributed by atoms with Gasteiger partial charge in [0.2, 0.25) is 0 Å². The van der Waals surface area contributed by atoms with Gasteiger partial charge in [-0.1, -0.05) is 67.0 Å². The number of hydrogen-bond acceptors (Lipinski definition) is 5. The molecule has 4 saturated carbocycles. The van der Waals surface area contributed by atoms with Crippen LogP contribution in [0, 0.1) is 50.2 Å². The highest BCUT2D eigenvalue weighted by Crippen LogP contribution is 2.75. The van der Waals surface area contributed by atoms with Gasteiger partial charge in [-0.2, -0.15) is 0 Å². The molecule has 5 nitrogen and oxygen atoms in total. The zero-order chi connectivity index (χ0) is 29.5. The second-order valence-corrected chi connectivity index (χ2v) is 16.3. The van der Waals surface area contributed by atoms with Crippen molar-refractivity contribution >= 4 is 17.7 Å². The summed E-state index contributed by atoms with van der Waals surface area (Å²) in [5.41, 5.74) is 0.405. The van der Waals surface area contributed by atoms with E-state index in [1.807, 2.05) is 6.92 Å². The van der Waals surface area contributed by atoms with Gasteiger partial charge in [-0.3, -0.25) is 14.4 Å². The summed E-state index contributed by atoms with van der Waals surface area (Å²) in [7, 11) is 1.49. The molecule has 0 N–H and O–H groups in total. The van der Waals surface area contributed by atoms with Crippen LogP contribution in [-0.2, 0) is 23.9 Å². The first-order valence-electron chi connectivity index (χ1n) is 16.1. The van der Waals surface area contributed by atoms with Crippen LogP contribution >= 0.6 is 0 Å². The molecule has 5 unspecified atom stereocenters. The molecule has 0 bridgehead atoms. The van der Waals surface area contributed by atoms with Crippen LogP contribution in [0.25, 0.3) is 0 Å². The van der Waals surface area contributed by atoms with Gasteiger partial charge < -0.3 is 9.47 Å². The van der Waals surface area contributed by atoms with Crippen molar-refractivity contribution in [3.63, 3.8) is 0 Å². The molecule has 0 aromatic heterocycles. The zero-order valence-electron chi connectivity index (χ0n) is 26.7. The van der Waals surface area contributed by atoms with E-state index < -0.39 is 11.5 Å². The first-order chi connectivity index (χ1) is 18.5. The van der Waals surface area contributed by atoms with Crippen molar-refractivity contribution in [2.24, 2.45) is 50.2 Å². The summed E-state index contributed by atoms with van der Waals surface area (Å²) in [6.45, 7) is 18.4. The largest absolute Gasteiger partial charge is 0.468 e. The lowest BCUT2D eigenvalue weighted by Crippen LogP contribution is -2.66. The predicted octanol–water partition coefficient (Wildman–Crippen LogP) is 7.85. The smallest absolute Gasteiger partial charge is 0.316 e. The number of methoxy groups -OCH3 is 1. The molecule has 224 valence electrons. The van der Waals surface area contributed by atoms with Gasteiger partial charge >= 0.3 is 11.9 Å². The fourth-order valence-corrected chi connectivity index (χ4v) is 11.3. The molecule has 0 aromatic carbocycles. The Morgan fingerprint density at radius 2 is 1.65 bits per heavy atom. The van der Waals surface area contributed by atoms with E-state index in [0.717, 1.165) is 44.9 Å². The molecule has 0 radical (unpaired) electrons. The van der Waals surface area contributed by atoms with Gasteiger partial charge in [-0.25, -0.2) is 0 Å². The molecular formula is C35H54O5. The Kier molecular flexibility index (Phi) is 7.03. The predicted molar refractivity (Wildman–Crippen MR) is 156 cm³/mol. The molecule has 8 atom stereocenters. The van der Waals surface area contributed by atoms with Crippen molar-refractivity contribution in [1.82, 2.24) is 0 Å². The average molecular weight is 555 g/mol. The maximum Gasteiger partial charge on any atom is 0.316 e. The van der Waals surface area contributed by atoms with Gasteiger partial charge in [0.05, 0.1) is 7.11 Å². The minimum Gasteiger partial charge on any atom is -0.468 e. The summed E-state index contributed by atoms with van der Waals surface area (Å²) in [6.07, 6.45) is 11.2. The number of allylic oxidation sites excluding steroid dienone is 2. The lowest BCUT2D eigenvalue weighted by Gasteiger charge is -2.70. The highest BCUT2D eigenvalue weighted by molar-refractivity contribution is 5.85. The Morgan fingerprint density at radius 3 is 2.30 bits per heavy atom. The number of carbonyl (C=O) groups is 3. The Labute approximate surface area is 242 Å². The topological polar surface area (TPSA) is 69.7 Å². The van der Waals surface area contributed by atoms with E-state index in [0.29, 0.717) is 43.3 Å². The van der Waals surface area contributed by atoms with Crippen molar-refractivity contribution in [2.75, 3.05) is 7.11 Å². The number of fused-ring (bicyclic) bond motifs is 7. The number of rotatable bonds is 4. The van der Waals surface area contributed by atoms with E-state index in [4.69, 9.17) is 9.47 Å². The molecule has 5 heteroatoms. The summed E-state index contributed by atoms with van der Waals surface area (Å²) in [6, 6.07) is 0. The minimum atomic E-state index is -0.831. The Morgan fingerprint density at radius 1 is 0.950 bits per heavy atom. The lowest BCUT2D eigenvalue weighted by molar-refractivity contribution is -0.208. The van der Waals surface area contributed by atoms with Gasteiger partial charge in [0, 0.05) is 24.2 Å². The van der Waals surface area contributed by atoms with Crippen LogP contribution in [0.4, 0.5) is 0 Å². The normalized spacial score (nSPS) is 45.1. The number of esters is 2.